The number of ether oxygens (including phenoxy) is 2. The Hall–Kier alpha value is -3.66. The largest absolute Gasteiger partial charge is 0.484 e. The molecule has 2 N–H and O–H groups in total. The second kappa shape index (κ2) is 9.88. The topological polar surface area (TPSA) is 137 Å². The van der Waals surface area contributed by atoms with Crippen LogP contribution in [0.15, 0.2) is 48.5 Å². The Kier molecular flexibility index (Phi) is 7.28. The van der Waals surface area contributed by atoms with Crippen LogP contribution < -0.4 is 15.6 Å². The maximum absolute atomic E-state index is 11.8. The minimum Gasteiger partial charge on any atom is -0.484 e. The number of hydrogen-bond acceptors (Lipinski definition) is 7. The van der Waals surface area contributed by atoms with Gasteiger partial charge in [-0.2, -0.15) is 0 Å². The molecule has 0 spiro atoms. The lowest BCUT2D eigenvalue weighted by molar-refractivity contribution is -0.384. The molecule has 10 nitrogen and oxygen atoms in total. The molecule has 0 aliphatic carbocycles. The van der Waals surface area contributed by atoms with Crippen LogP contribution in [0.2, 0.25) is 5.02 Å². The van der Waals surface area contributed by atoms with Crippen LogP contribution in [0.1, 0.15) is 10.4 Å². The van der Waals surface area contributed by atoms with Crippen LogP contribution in [-0.4, -0.2) is 35.9 Å². The van der Waals surface area contributed by atoms with Gasteiger partial charge >= 0.3 is 5.97 Å². The number of hydrogen-bond donors (Lipinski definition) is 2. The van der Waals surface area contributed by atoms with E-state index in [9.17, 15) is 24.5 Å². The Labute approximate surface area is 163 Å². The van der Waals surface area contributed by atoms with E-state index in [0.29, 0.717) is 10.8 Å². The second-order valence-electron chi connectivity index (χ2n) is 5.22. The van der Waals surface area contributed by atoms with Crippen molar-refractivity contribution in [2.24, 2.45) is 0 Å². The van der Waals surface area contributed by atoms with Gasteiger partial charge in [-0.25, -0.2) is 4.79 Å². The number of carbonyl (C=O) groups is 3. The minimum absolute atomic E-state index is 0.0811. The summed E-state index contributed by atoms with van der Waals surface area (Å²) in [5, 5.41) is 11.2. The van der Waals surface area contributed by atoms with Gasteiger partial charge in [0.2, 0.25) is 0 Å². The summed E-state index contributed by atoms with van der Waals surface area (Å²) in [5.74, 6) is -1.96. The van der Waals surface area contributed by atoms with Gasteiger partial charge in [-0.1, -0.05) is 17.7 Å². The van der Waals surface area contributed by atoms with Crippen molar-refractivity contribution in [2.75, 3.05) is 13.2 Å². The lowest BCUT2D eigenvalue weighted by atomic mass is 10.2. The number of amides is 2. The molecule has 28 heavy (non-hydrogen) atoms. The van der Waals surface area contributed by atoms with Crippen LogP contribution in [0.25, 0.3) is 0 Å². The van der Waals surface area contributed by atoms with Crippen LogP contribution in [0.4, 0.5) is 5.69 Å². The van der Waals surface area contributed by atoms with E-state index in [0.717, 1.165) is 6.07 Å². The first-order valence-electron chi connectivity index (χ1n) is 7.73. The van der Waals surface area contributed by atoms with Gasteiger partial charge in [-0.05, 0) is 30.3 Å². The number of nitrogens with zero attached hydrogens (tertiary/aromatic N) is 1. The number of benzene rings is 2. The van der Waals surface area contributed by atoms with Crippen LogP contribution in [0.3, 0.4) is 0 Å². The molecule has 2 aromatic carbocycles. The molecule has 2 amide bonds. The number of nitro groups is 1. The Morgan fingerprint density at radius 2 is 1.64 bits per heavy atom. The van der Waals surface area contributed by atoms with E-state index in [1.165, 1.54) is 18.2 Å². The first-order valence-corrected chi connectivity index (χ1v) is 8.10. The highest BCUT2D eigenvalue weighted by Gasteiger charge is 2.14. The zero-order chi connectivity index (χ0) is 20.5. The van der Waals surface area contributed by atoms with Crippen molar-refractivity contribution in [3.05, 3.63) is 69.2 Å². The van der Waals surface area contributed by atoms with Crippen LogP contribution >= 0.6 is 11.6 Å². The number of hydrazine groups is 1. The lowest BCUT2D eigenvalue weighted by Gasteiger charge is -2.09. The zero-order valence-electron chi connectivity index (χ0n) is 14.2. The molecule has 2 rings (SSSR count). The molecule has 11 heteroatoms. The summed E-state index contributed by atoms with van der Waals surface area (Å²) in [7, 11) is 0. The van der Waals surface area contributed by atoms with Crippen molar-refractivity contribution < 1.29 is 28.8 Å². The van der Waals surface area contributed by atoms with E-state index in [-0.39, 0.29) is 17.9 Å². The van der Waals surface area contributed by atoms with Crippen molar-refractivity contribution >= 4 is 35.1 Å². The van der Waals surface area contributed by atoms with Crippen LogP contribution in [-0.2, 0) is 14.3 Å². The fourth-order valence-electron chi connectivity index (χ4n) is 1.85. The smallest absolute Gasteiger partial charge is 0.338 e. The Balaban J connectivity index is 1.71. The van der Waals surface area contributed by atoms with Gasteiger partial charge in [0.25, 0.3) is 17.5 Å². The van der Waals surface area contributed by atoms with Gasteiger partial charge in [0.1, 0.15) is 5.75 Å². The molecule has 146 valence electrons. The number of carbonyl (C=O) groups excluding carboxylic acids is 3. The highest BCUT2D eigenvalue weighted by atomic mass is 35.5. The molecular weight excluding hydrogens is 394 g/mol. The van der Waals surface area contributed by atoms with Gasteiger partial charge in [-0.15, -0.1) is 0 Å². The maximum Gasteiger partial charge on any atom is 0.338 e. The van der Waals surface area contributed by atoms with Gasteiger partial charge in [-0.3, -0.25) is 30.6 Å². The van der Waals surface area contributed by atoms with E-state index >= 15 is 0 Å². The van der Waals surface area contributed by atoms with Crippen molar-refractivity contribution in [1.82, 2.24) is 10.9 Å². The monoisotopic (exact) mass is 407 g/mol. The summed E-state index contributed by atoms with van der Waals surface area (Å²) in [6.07, 6.45) is 0. The first-order chi connectivity index (χ1) is 13.3. The number of rotatable bonds is 7. The van der Waals surface area contributed by atoms with E-state index < -0.39 is 29.3 Å². The zero-order valence-corrected chi connectivity index (χ0v) is 15.0. The van der Waals surface area contributed by atoms with Crippen molar-refractivity contribution in [3.63, 3.8) is 0 Å². The third-order valence-electron chi connectivity index (χ3n) is 3.15. The molecular formula is C17H14ClN3O7. The van der Waals surface area contributed by atoms with Crippen LogP contribution in [0, 0.1) is 10.1 Å². The summed E-state index contributed by atoms with van der Waals surface area (Å²) in [6, 6.07) is 11.2. The molecule has 0 saturated heterocycles. The summed E-state index contributed by atoms with van der Waals surface area (Å²) >= 11 is 5.72. The molecule has 0 aliphatic heterocycles. The number of non-ortho nitro benzene ring substituents is 1. The third-order valence-corrected chi connectivity index (χ3v) is 3.40. The Morgan fingerprint density at radius 3 is 2.29 bits per heavy atom. The van der Waals surface area contributed by atoms with Crippen molar-refractivity contribution in [3.8, 4) is 5.75 Å². The molecule has 0 atom stereocenters. The molecule has 2 aromatic rings. The third kappa shape index (κ3) is 6.57. The fraction of sp³-hybridized carbons (Fsp3) is 0.118. The molecule has 0 aliphatic rings. The number of esters is 1. The molecule has 0 saturated carbocycles. The summed E-state index contributed by atoms with van der Waals surface area (Å²) in [6.45, 7) is -1.06. The summed E-state index contributed by atoms with van der Waals surface area (Å²) in [4.78, 5) is 45.0. The number of nitrogens with one attached hydrogen (secondary N) is 2. The number of nitro benzene ring substituents is 1. The average Bonchev–Trinajstić information content (AvgIpc) is 2.70. The normalized spacial score (nSPS) is 9.89. The Morgan fingerprint density at radius 1 is 1.00 bits per heavy atom. The van der Waals surface area contributed by atoms with E-state index in [1.54, 1.807) is 24.3 Å². The maximum atomic E-state index is 11.8. The molecule has 0 unspecified atom stereocenters. The van der Waals surface area contributed by atoms with Gasteiger partial charge < -0.3 is 9.47 Å². The first kappa shape index (κ1) is 20.6. The standard InChI is InChI=1S/C17H14ClN3O7/c18-12-4-6-14(7-5-12)27-9-15(22)19-20-16(23)10-28-17(24)11-2-1-3-13(8-11)21(25)26/h1-8H,9-10H2,(H,19,22)(H,20,23). The predicted molar refractivity (Wildman–Crippen MR) is 96.6 cm³/mol. The summed E-state index contributed by atoms with van der Waals surface area (Å²) in [5.41, 5.74) is 3.75. The molecule has 0 radical (unpaired) electrons. The van der Waals surface area contributed by atoms with E-state index in [2.05, 4.69) is 5.43 Å². The molecule has 0 fully saturated rings. The lowest BCUT2D eigenvalue weighted by Crippen LogP contribution is -2.45. The highest BCUT2D eigenvalue weighted by Crippen LogP contribution is 2.15. The predicted octanol–water partition coefficient (Wildman–Crippen LogP) is 1.63. The SMILES string of the molecule is O=C(COC(=O)c1cccc([N+](=O)[O-])c1)NNC(=O)COc1ccc(Cl)cc1. The van der Waals surface area contributed by atoms with Crippen LogP contribution in [0.5, 0.6) is 5.75 Å². The van der Waals surface area contributed by atoms with Gasteiger partial charge in [0, 0.05) is 17.2 Å². The van der Waals surface area contributed by atoms with E-state index in [1.807, 2.05) is 5.43 Å². The molecule has 0 aromatic heterocycles. The second-order valence-corrected chi connectivity index (χ2v) is 5.66. The quantitative estimate of drug-likeness (QED) is 0.404. The van der Waals surface area contributed by atoms with Gasteiger partial charge in [0.05, 0.1) is 10.5 Å². The number of halogens is 1. The van der Waals surface area contributed by atoms with Crippen molar-refractivity contribution in [1.29, 1.82) is 0 Å². The summed E-state index contributed by atoms with van der Waals surface area (Å²) < 4.78 is 9.91. The Bertz CT molecular complexity index is 887. The van der Waals surface area contributed by atoms with E-state index in [4.69, 9.17) is 21.1 Å². The minimum atomic E-state index is -0.920. The average molecular weight is 408 g/mol. The highest BCUT2D eigenvalue weighted by molar-refractivity contribution is 6.30. The fourth-order valence-corrected chi connectivity index (χ4v) is 1.98. The van der Waals surface area contributed by atoms with Gasteiger partial charge in [0.15, 0.2) is 13.2 Å². The van der Waals surface area contributed by atoms with Crippen molar-refractivity contribution in [2.45, 2.75) is 0 Å². The molecule has 0 heterocycles. The molecule has 0 bridgehead atoms.